The lowest BCUT2D eigenvalue weighted by molar-refractivity contribution is -0.114. The van der Waals surface area contributed by atoms with Gasteiger partial charge in [0.05, 0.1) is 12.2 Å². The number of anilines is 1. The summed E-state index contributed by atoms with van der Waals surface area (Å²) in [4.78, 5) is 31.5. The highest BCUT2D eigenvalue weighted by Crippen LogP contribution is 2.19. The van der Waals surface area contributed by atoms with E-state index in [1.54, 1.807) is 26.0 Å². The fraction of sp³-hybridized carbons (Fsp3) is 0.333. The molecule has 2 heterocycles. The zero-order valence-corrected chi connectivity index (χ0v) is 15.1. The highest BCUT2D eigenvalue weighted by atomic mass is 19.3. The van der Waals surface area contributed by atoms with Gasteiger partial charge in [-0.2, -0.15) is 0 Å². The smallest absolute Gasteiger partial charge is 0.272 e. The van der Waals surface area contributed by atoms with Crippen LogP contribution in [0.3, 0.4) is 0 Å². The second-order valence-electron chi connectivity index (χ2n) is 5.89. The third-order valence-corrected chi connectivity index (χ3v) is 3.60. The first-order chi connectivity index (χ1) is 12.8. The molecule has 0 radical (unpaired) electrons. The van der Waals surface area contributed by atoms with Gasteiger partial charge in [-0.3, -0.25) is 9.59 Å². The Labute approximate surface area is 155 Å². The number of alkyl halides is 2. The third kappa shape index (κ3) is 5.98. The lowest BCUT2D eigenvalue weighted by atomic mass is 10.1. The van der Waals surface area contributed by atoms with Gasteiger partial charge in [0.2, 0.25) is 5.91 Å². The van der Waals surface area contributed by atoms with E-state index in [1.165, 1.54) is 25.4 Å². The van der Waals surface area contributed by atoms with Crippen molar-refractivity contribution in [2.45, 2.75) is 33.2 Å². The molecule has 1 unspecified atom stereocenters. The normalized spacial score (nSPS) is 11.8. The molecule has 7 nitrogen and oxygen atoms in total. The molecule has 0 aliphatic heterocycles. The van der Waals surface area contributed by atoms with E-state index in [0.717, 1.165) is 5.56 Å². The van der Waals surface area contributed by atoms with Crippen molar-refractivity contribution < 1.29 is 23.1 Å². The predicted molar refractivity (Wildman–Crippen MR) is 94.9 cm³/mol. The minimum absolute atomic E-state index is 0.139. The monoisotopic (exact) mass is 378 g/mol. The van der Waals surface area contributed by atoms with E-state index in [0.29, 0.717) is 11.4 Å². The Balaban J connectivity index is 2.06. The second kappa shape index (κ2) is 9.02. The average molecular weight is 378 g/mol. The molecule has 2 rings (SSSR count). The summed E-state index contributed by atoms with van der Waals surface area (Å²) in [5.74, 6) is -0.0846. The first-order valence-electron chi connectivity index (χ1n) is 8.18. The average Bonchev–Trinajstić information content (AvgIpc) is 2.60. The number of rotatable bonds is 7. The number of amides is 2. The Morgan fingerprint density at radius 1 is 1.26 bits per heavy atom. The van der Waals surface area contributed by atoms with Crippen molar-refractivity contribution in [3.63, 3.8) is 0 Å². The second-order valence-corrected chi connectivity index (χ2v) is 5.89. The number of ether oxygens (including phenoxy) is 1. The van der Waals surface area contributed by atoms with Gasteiger partial charge in [0.1, 0.15) is 23.9 Å². The van der Waals surface area contributed by atoms with Crippen LogP contribution in [-0.2, 0) is 4.79 Å². The quantitative estimate of drug-likeness (QED) is 0.773. The molecule has 0 aliphatic rings. The number of aryl methyl sites for hydroxylation is 1. The molecule has 2 N–H and O–H groups in total. The van der Waals surface area contributed by atoms with E-state index in [4.69, 9.17) is 4.74 Å². The number of pyridine rings is 2. The van der Waals surface area contributed by atoms with Crippen molar-refractivity contribution in [1.82, 2.24) is 15.3 Å². The standard InChI is InChI=1S/C18H20F2N4O3/c1-10-6-14(22-8-15(10)27-9-16(19)20)18(26)23-11(2)13-4-5-21-17(7-13)24-12(3)25/h4-8,11,16H,9H2,1-3H3,(H,23,26)(H,21,24,25). The summed E-state index contributed by atoms with van der Waals surface area (Å²) in [6.45, 7) is 4.06. The predicted octanol–water partition coefficient (Wildman–Crippen LogP) is 2.88. The Morgan fingerprint density at radius 2 is 2.00 bits per heavy atom. The van der Waals surface area contributed by atoms with Gasteiger partial charge in [0, 0.05) is 13.1 Å². The number of carbonyl (C=O) groups excluding carboxylic acids is 2. The van der Waals surface area contributed by atoms with Gasteiger partial charge in [-0.05, 0) is 43.2 Å². The van der Waals surface area contributed by atoms with E-state index in [2.05, 4.69) is 20.6 Å². The lowest BCUT2D eigenvalue weighted by Crippen LogP contribution is -2.27. The lowest BCUT2D eigenvalue weighted by Gasteiger charge is -2.15. The van der Waals surface area contributed by atoms with Crippen molar-refractivity contribution in [3.05, 3.63) is 47.4 Å². The molecule has 2 aromatic rings. The molecule has 144 valence electrons. The maximum atomic E-state index is 12.4. The number of halogens is 2. The number of hydrogen-bond acceptors (Lipinski definition) is 5. The summed E-state index contributed by atoms with van der Waals surface area (Å²) < 4.78 is 29.4. The molecule has 2 amide bonds. The van der Waals surface area contributed by atoms with Crippen LogP contribution in [0.15, 0.2) is 30.6 Å². The summed E-state index contributed by atoms with van der Waals surface area (Å²) >= 11 is 0. The van der Waals surface area contributed by atoms with E-state index >= 15 is 0 Å². The van der Waals surface area contributed by atoms with E-state index in [-0.39, 0.29) is 23.4 Å². The summed E-state index contributed by atoms with van der Waals surface area (Å²) in [5, 5.41) is 5.36. The molecule has 0 aliphatic carbocycles. The summed E-state index contributed by atoms with van der Waals surface area (Å²) in [6, 6.07) is 4.48. The summed E-state index contributed by atoms with van der Waals surface area (Å²) in [7, 11) is 0. The maximum absolute atomic E-state index is 12.4. The van der Waals surface area contributed by atoms with Crippen LogP contribution in [0, 0.1) is 6.92 Å². The van der Waals surface area contributed by atoms with Gasteiger partial charge in [0.25, 0.3) is 12.3 Å². The molecule has 0 bridgehead atoms. The topological polar surface area (TPSA) is 93.2 Å². The van der Waals surface area contributed by atoms with Crippen LogP contribution in [0.2, 0.25) is 0 Å². The first-order valence-corrected chi connectivity index (χ1v) is 8.18. The van der Waals surface area contributed by atoms with Crippen LogP contribution in [0.25, 0.3) is 0 Å². The molecule has 0 spiro atoms. The van der Waals surface area contributed by atoms with Crippen molar-refractivity contribution in [2.24, 2.45) is 0 Å². The van der Waals surface area contributed by atoms with Gasteiger partial charge >= 0.3 is 0 Å². The highest BCUT2D eigenvalue weighted by molar-refractivity contribution is 5.93. The molecule has 0 saturated heterocycles. The maximum Gasteiger partial charge on any atom is 0.272 e. The summed E-state index contributed by atoms with van der Waals surface area (Å²) in [6.07, 6.45) is 0.190. The van der Waals surface area contributed by atoms with Gasteiger partial charge < -0.3 is 15.4 Å². The van der Waals surface area contributed by atoms with Crippen LogP contribution in [-0.4, -0.2) is 34.8 Å². The Hall–Kier alpha value is -3.10. The first kappa shape index (κ1) is 20.2. The zero-order chi connectivity index (χ0) is 20.0. The minimum atomic E-state index is -2.59. The van der Waals surface area contributed by atoms with Gasteiger partial charge in [0.15, 0.2) is 0 Å². The zero-order valence-electron chi connectivity index (χ0n) is 15.1. The van der Waals surface area contributed by atoms with E-state index in [9.17, 15) is 18.4 Å². The van der Waals surface area contributed by atoms with Crippen molar-refractivity contribution >= 4 is 17.6 Å². The fourth-order valence-corrected chi connectivity index (χ4v) is 2.29. The van der Waals surface area contributed by atoms with Crippen molar-refractivity contribution in [1.29, 1.82) is 0 Å². The van der Waals surface area contributed by atoms with Crippen LogP contribution >= 0.6 is 0 Å². The number of nitrogens with one attached hydrogen (secondary N) is 2. The molecule has 1 atom stereocenters. The van der Waals surface area contributed by atoms with Crippen molar-refractivity contribution in [3.8, 4) is 5.75 Å². The van der Waals surface area contributed by atoms with Crippen molar-refractivity contribution in [2.75, 3.05) is 11.9 Å². The highest BCUT2D eigenvalue weighted by Gasteiger charge is 2.15. The number of carbonyl (C=O) groups is 2. The van der Waals surface area contributed by atoms with Crippen LogP contribution in [0.1, 0.15) is 41.5 Å². The SMILES string of the molecule is CC(=O)Nc1cc(C(C)NC(=O)c2cc(C)c(OCC(F)F)cn2)ccn1. The molecule has 2 aromatic heterocycles. The Kier molecular flexibility index (Phi) is 6.75. The summed E-state index contributed by atoms with van der Waals surface area (Å²) in [5.41, 5.74) is 1.41. The van der Waals surface area contributed by atoms with Gasteiger partial charge in [-0.1, -0.05) is 0 Å². The number of nitrogens with zero attached hydrogens (tertiary/aromatic N) is 2. The van der Waals surface area contributed by atoms with Crippen LogP contribution in [0.5, 0.6) is 5.75 Å². The molecule has 27 heavy (non-hydrogen) atoms. The Bertz CT molecular complexity index is 830. The van der Waals surface area contributed by atoms with E-state index < -0.39 is 18.9 Å². The largest absolute Gasteiger partial charge is 0.486 e. The molecule has 0 fully saturated rings. The van der Waals surface area contributed by atoms with Gasteiger partial charge in [-0.25, -0.2) is 18.7 Å². The molecular formula is C18H20F2N4O3. The molecular weight excluding hydrogens is 358 g/mol. The molecule has 0 saturated carbocycles. The molecule has 9 heteroatoms. The fourth-order valence-electron chi connectivity index (χ4n) is 2.29. The minimum Gasteiger partial charge on any atom is -0.486 e. The van der Waals surface area contributed by atoms with E-state index in [1.807, 2.05) is 0 Å². The number of aromatic nitrogens is 2. The Morgan fingerprint density at radius 3 is 2.63 bits per heavy atom. The molecule has 0 aromatic carbocycles. The number of hydrogen-bond donors (Lipinski definition) is 2. The third-order valence-electron chi connectivity index (χ3n) is 3.60. The van der Waals surface area contributed by atoms with Gasteiger partial charge in [-0.15, -0.1) is 0 Å². The van der Waals surface area contributed by atoms with Crippen LogP contribution in [0.4, 0.5) is 14.6 Å². The van der Waals surface area contributed by atoms with Crippen LogP contribution < -0.4 is 15.4 Å².